The zero-order chi connectivity index (χ0) is 77.7. The van der Waals surface area contributed by atoms with Gasteiger partial charge in [0.05, 0.1) is 130 Å². The van der Waals surface area contributed by atoms with Crippen LogP contribution in [-0.2, 0) is 39.4 Å². The average molecular weight is 1590 g/mol. The fourth-order valence-electron chi connectivity index (χ4n) is 15.9. The van der Waals surface area contributed by atoms with Crippen LogP contribution in [0.4, 0.5) is 0 Å². The van der Waals surface area contributed by atoms with Crippen LogP contribution >= 0.6 is 0 Å². The maximum atomic E-state index is 13.7. The van der Waals surface area contributed by atoms with Gasteiger partial charge >= 0.3 is 44.3 Å². The van der Waals surface area contributed by atoms with E-state index < -0.39 is 23.9 Å². The van der Waals surface area contributed by atoms with Crippen LogP contribution in [-0.4, -0.2) is 119 Å². The summed E-state index contributed by atoms with van der Waals surface area (Å²) in [7, 11) is 18.3. The number of ether oxygens (including phenoxy) is 12. The van der Waals surface area contributed by atoms with Gasteiger partial charge in [-0.3, -0.25) is 0 Å². The number of esters is 4. The summed E-state index contributed by atoms with van der Waals surface area (Å²) < 4.78 is 71.5. The second-order valence-electron chi connectivity index (χ2n) is 26.7. The molecular weight excluding hydrogens is 1520 g/mol. The van der Waals surface area contributed by atoms with E-state index in [0.717, 1.165) is 0 Å². The van der Waals surface area contributed by atoms with E-state index in [-0.39, 0.29) is 42.7 Å². The van der Waals surface area contributed by atoms with Gasteiger partial charge in [0.25, 0.3) is 0 Å². The fourth-order valence-corrected chi connectivity index (χ4v) is 15.9. The van der Waals surface area contributed by atoms with Gasteiger partial charge in [-0.1, -0.05) is 48.5 Å². The summed E-state index contributed by atoms with van der Waals surface area (Å²) >= 11 is 0. The van der Waals surface area contributed by atoms with Crippen molar-refractivity contribution in [2.24, 2.45) is 0 Å². The Balaban J connectivity index is 0.00000964. The molecule has 1 aliphatic carbocycles. The maximum absolute atomic E-state index is 13.7. The van der Waals surface area contributed by atoms with E-state index in [0.29, 0.717) is 222 Å². The molecule has 0 N–H and O–H groups in total. The first-order chi connectivity index (χ1) is 54.6. The minimum atomic E-state index is -0.559. The molecule has 0 fully saturated rings. The monoisotopic (exact) mass is 1590 g/mol. The second-order valence-corrected chi connectivity index (χ2v) is 26.7. The summed E-state index contributed by atoms with van der Waals surface area (Å²) in [5.74, 6) is 2.03. The minimum Gasteiger partial charge on any atom is -0.656 e. The Labute approximate surface area is 660 Å². The number of carbonyl (C=O) groups is 4. The molecule has 0 unspecified atom stereocenters. The molecule has 14 aromatic rings. The summed E-state index contributed by atoms with van der Waals surface area (Å²) in [6, 6.07) is 59.8. The van der Waals surface area contributed by atoms with Crippen molar-refractivity contribution in [2.45, 2.75) is 0 Å². The van der Waals surface area contributed by atoms with Crippen LogP contribution < -0.4 is 47.9 Å². The number of aromatic nitrogens is 4. The predicted molar refractivity (Wildman–Crippen MR) is 432 cm³/mol. The zero-order valence-electron chi connectivity index (χ0n) is 63.1. The number of benzene rings is 12. The third kappa shape index (κ3) is 11.8. The number of hydrogen-bond donors (Lipinski definition) is 0. The number of carbonyl (C=O) groups excluding carboxylic acids is 4. The van der Waals surface area contributed by atoms with Crippen molar-refractivity contribution in [1.29, 1.82) is 0 Å². The number of rotatable bonds is 16. The molecule has 2 aromatic heterocycles. The molecule has 562 valence electrons. The van der Waals surface area contributed by atoms with Crippen molar-refractivity contribution in [2.75, 3.05) is 85.3 Å². The van der Waals surface area contributed by atoms with Gasteiger partial charge in [0.2, 0.25) is 0 Å². The van der Waals surface area contributed by atoms with Crippen molar-refractivity contribution < 1.29 is 96.4 Å². The van der Waals surface area contributed by atoms with E-state index in [1.807, 2.05) is 146 Å². The normalized spacial score (nSPS) is 11.4. The summed E-state index contributed by atoms with van der Waals surface area (Å²) in [5.41, 5.74) is 11.2. The molecule has 113 heavy (non-hydrogen) atoms. The van der Waals surface area contributed by atoms with Crippen LogP contribution in [0.3, 0.4) is 0 Å². The third-order valence-electron chi connectivity index (χ3n) is 21.3. The topological polar surface area (TPSA) is 233 Å². The van der Waals surface area contributed by atoms with Crippen molar-refractivity contribution in [3.8, 4) is 136 Å². The molecule has 0 radical (unpaired) electrons. The van der Waals surface area contributed by atoms with E-state index in [9.17, 15) is 19.2 Å². The van der Waals surface area contributed by atoms with Gasteiger partial charge in [-0.2, -0.15) is 0 Å². The standard InChI is InChI=1S/C92H69N4O16.Pd/c1-101-69-29-30-70(102-2)54-38-62-61(37-53(54)69)81-77(45-13-21-49(22-14-45)89(97)109-9)83-63-39-55-56(72(104-4)32-31-71(55)103-3)40-64(63)85(94-83)79(47-17-25-51(26-18-47)91(99)111-11)87-67-43-59-60(76(108-8)36-35-75(59)107-7)44-68(67)88(96-87)80(48-19-27-52(28-20-48)92(100)112-12)86-66-42-58-57(73(105-5)33-34-74(58)106-6)41-65(66)84(95-86)78(82(62)93-81)46-15-23-50(24-16-46)90(98)110-10;/h13-44H,1-12H3,(H-,93,94,95,96,97,98,99,100);/q-1;+2/p-1. The average Bonchev–Trinajstić information content (AvgIpc) is 1.42. The Bertz CT molecular complexity index is 5940. The van der Waals surface area contributed by atoms with Gasteiger partial charge in [0.1, 0.15) is 46.0 Å². The molecule has 0 atom stereocenters. The Hall–Kier alpha value is -13.7. The third-order valence-corrected chi connectivity index (χ3v) is 21.3. The Morgan fingerprint density at radius 3 is 0.558 bits per heavy atom. The van der Waals surface area contributed by atoms with Crippen LogP contribution in [0.25, 0.3) is 176 Å². The smallest absolute Gasteiger partial charge is 0.656 e. The Morgan fingerprint density at radius 2 is 0.398 bits per heavy atom. The van der Waals surface area contributed by atoms with Crippen LogP contribution in [0.1, 0.15) is 41.4 Å². The van der Waals surface area contributed by atoms with Crippen molar-refractivity contribution in [3.63, 3.8) is 0 Å². The Kier molecular flexibility index (Phi) is 19.0. The molecule has 0 amide bonds. The minimum absolute atomic E-state index is 0. The van der Waals surface area contributed by atoms with E-state index >= 15 is 0 Å². The number of nitrogens with zero attached hydrogens (tertiary/aromatic N) is 4. The molecule has 17 rings (SSSR count). The molecule has 8 bridgehead atoms. The van der Waals surface area contributed by atoms with Crippen LogP contribution in [0.2, 0.25) is 0 Å². The molecule has 21 heteroatoms. The first-order valence-electron chi connectivity index (χ1n) is 35.5. The van der Waals surface area contributed by atoms with Gasteiger partial charge in [0.15, 0.2) is 0 Å². The first-order valence-corrected chi connectivity index (χ1v) is 35.5. The molecule has 12 aromatic carbocycles. The molecule has 0 saturated heterocycles. The molecule has 4 heterocycles. The number of fused-ring (bicyclic) bond motifs is 4. The van der Waals surface area contributed by atoms with Crippen LogP contribution in [0, 0.1) is 0 Å². The first kappa shape index (κ1) is 73.4. The molecular formula is C92H68N4O16Pd. The summed E-state index contributed by atoms with van der Waals surface area (Å²) in [6.45, 7) is 0. The SMILES string of the molecule is COC(=O)c1ccc(-c2c3nc(c(-c4ccc(C(=O)OC)cc4)c4[n-]c(c(-c5ccc(C(=O)OC)cc5)c5nc(c(-c6ccc(C(=O)OC)cc6)c6[n-]c2c2cc7c(OC)ccc(OC)c7cc62)-c2cc6c(OC)ccc(OC)c6cc2-5)c2cc5c(OC)ccc(OC)c5cc42)-c2cc4c(OC)ccc(OC)c4cc2-3)cc1.[Pd+2]. The van der Waals surface area contributed by atoms with Gasteiger partial charge in [0, 0.05) is 65.3 Å². The van der Waals surface area contributed by atoms with Gasteiger partial charge < -0.3 is 66.8 Å². The molecule has 0 saturated carbocycles. The molecule has 0 spiro atoms. The predicted octanol–water partition coefficient (Wildman–Crippen LogP) is 19.0. The van der Waals surface area contributed by atoms with E-state index in [1.165, 1.54) is 28.4 Å². The summed E-state index contributed by atoms with van der Waals surface area (Å²) in [4.78, 5) is 79.3. The van der Waals surface area contributed by atoms with Gasteiger partial charge in [-0.05, 0) is 212 Å². The second kappa shape index (κ2) is 29.3. The van der Waals surface area contributed by atoms with Crippen molar-refractivity contribution in [3.05, 3.63) is 216 Å². The van der Waals surface area contributed by atoms with Crippen molar-refractivity contribution in [1.82, 2.24) is 19.9 Å². The number of methoxy groups -OCH3 is 12. The maximum Gasteiger partial charge on any atom is 2.00 e. The fraction of sp³-hybridized carbons (Fsp3) is 0.130. The summed E-state index contributed by atoms with van der Waals surface area (Å²) in [5, 5.41) is 7.87. The van der Waals surface area contributed by atoms with Gasteiger partial charge in [-0.25, -0.2) is 29.1 Å². The van der Waals surface area contributed by atoms with E-state index in [1.54, 1.807) is 105 Å². The largest absolute Gasteiger partial charge is 2.00 e. The molecule has 3 aliphatic rings. The molecule has 20 nitrogen and oxygen atoms in total. The Morgan fingerprint density at radius 1 is 0.230 bits per heavy atom. The van der Waals surface area contributed by atoms with Gasteiger partial charge in [-0.15, -0.1) is 22.1 Å². The quantitative estimate of drug-likeness (QED) is 0.0497. The van der Waals surface area contributed by atoms with Crippen LogP contribution in [0.15, 0.2) is 194 Å². The summed E-state index contributed by atoms with van der Waals surface area (Å²) in [6.07, 6.45) is 0. The molecule has 2 aliphatic heterocycles. The van der Waals surface area contributed by atoms with E-state index in [4.69, 9.17) is 76.8 Å². The van der Waals surface area contributed by atoms with E-state index in [2.05, 4.69) is 0 Å². The number of hydrogen-bond acceptors (Lipinski definition) is 18. The van der Waals surface area contributed by atoms with Crippen LogP contribution in [0.5, 0.6) is 46.0 Å². The zero-order valence-corrected chi connectivity index (χ0v) is 64.7. The van der Waals surface area contributed by atoms with Crippen molar-refractivity contribution >= 4 is 111 Å².